The van der Waals surface area contributed by atoms with E-state index in [1.54, 1.807) is 26.0 Å². The van der Waals surface area contributed by atoms with Crippen molar-refractivity contribution in [2.45, 2.75) is 32.6 Å². The Bertz CT molecular complexity index is 1030. The van der Waals surface area contributed by atoms with Crippen LogP contribution in [0.5, 0.6) is 0 Å². The Kier molecular flexibility index (Phi) is 7.40. The Morgan fingerprint density at radius 3 is 2.31 bits per heavy atom. The van der Waals surface area contributed by atoms with Crippen LogP contribution in [-0.2, 0) is 24.3 Å². The number of carbonyl (C=O) groups is 2. The van der Waals surface area contributed by atoms with Crippen molar-refractivity contribution in [2.75, 3.05) is 18.5 Å². The van der Waals surface area contributed by atoms with Crippen molar-refractivity contribution in [1.82, 2.24) is 4.72 Å². The molecule has 0 atom stereocenters. The van der Waals surface area contributed by atoms with Crippen LogP contribution in [0.4, 0.5) is 5.69 Å². The Morgan fingerprint density at radius 2 is 1.69 bits per heavy atom. The monoisotopic (exact) mass is 438 g/mol. The van der Waals surface area contributed by atoms with Crippen LogP contribution in [0.2, 0.25) is 5.02 Å². The second kappa shape index (κ2) is 9.39. The molecule has 0 saturated heterocycles. The number of halogens is 1. The van der Waals surface area contributed by atoms with Crippen LogP contribution in [0.3, 0.4) is 0 Å². The summed E-state index contributed by atoms with van der Waals surface area (Å²) in [7, 11) is -3.87. The molecule has 0 aliphatic heterocycles. The summed E-state index contributed by atoms with van der Waals surface area (Å²) >= 11 is 6.12. The van der Waals surface area contributed by atoms with E-state index in [2.05, 4.69) is 10.0 Å². The quantitative estimate of drug-likeness (QED) is 0.647. The van der Waals surface area contributed by atoms with Gasteiger partial charge in [0.25, 0.3) is 5.91 Å². The highest BCUT2D eigenvalue weighted by atomic mass is 35.5. The molecular formula is C20H23ClN2O5S. The number of aryl methyl sites for hydroxylation is 4. The minimum atomic E-state index is -3.87. The summed E-state index contributed by atoms with van der Waals surface area (Å²) in [6.45, 7) is 6.18. The highest BCUT2D eigenvalue weighted by Gasteiger charge is 2.18. The molecule has 1 amide bonds. The number of nitrogens with one attached hydrogen (secondary N) is 2. The summed E-state index contributed by atoms with van der Waals surface area (Å²) in [5, 5.41) is 2.96. The third-order valence-corrected chi connectivity index (χ3v) is 5.95. The Morgan fingerprint density at radius 1 is 1.00 bits per heavy atom. The van der Waals surface area contributed by atoms with E-state index in [-0.39, 0.29) is 4.90 Å². The van der Waals surface area contributed by atoms with Crippen LogP contribution >= 0.6 is 11.6 Å². The molecule has 2 aromatic rings. The SMILES string of the molecule is Cc1cc(C)c(NC(=O)COC(=O)CNS(=O)(=O)c2ccc(C)c(C)c2)c(Cl)c1. The summed E-state index contributed by atoms with van der Waals surface area (Å²) in [4.78, 5) is 23.9. The van der Waals surface area contributed by atoms with E-state index in [0.29, 0.717) is 10.7 Å². The number of esters is 1. The highest BCUT2D eigenvalue weighted by Crippen LogP contribution is 2.27. The molecule has 0 heterocycles. The van der Waals surface area contributed by atoms with E-state index in [1.165, 1.54) is 12.1 Å². The van der Waals surface area contributed by atoms with Gasteiger partial charge in [-0.05, 0) is 68.1 Å². The van der Waals surface area contributed by atoms with Gasteiger partial charge in [-0.15, -0.1) is 0 Å². The fourth-order valence-electron chi connectivity index (χ4n) is 2.56. The zero-order valence-corrected chi connectivity index (χ0v) is 18.2. The van der Waals surface area contributed by atoms with Crippen molar-refractivity contribution in [1.29, 1.82) is 0 Å². The number of hydrogen-bond acceptors (Lipinski definition) is 5. The number of ether oxygens (including phenoxy) is 1. The molecule has 0 saturated carbocycles. The third-order valence-electron chi connectivity index (χ3n) is 4.26. The van der Waals surface area contributed by atoms with Gasteiger partial charge in [-0.3, -0.25) is 9.59 Å². The fourth-order valence-corrected chi connectivity index (χ4v) is 3.99. The topological polar surface area (TPSA) is 102 Å². The van der Waals surface area contributed by atoms with E-state index in [1.807, 2.05) is 19.9 Å². The standard InChI is InChI=1S/C20H23ClN2O5S/c1-12-7-15(4)20(17(21)8-12)23-18(24)11-28-19(25)10-22-29(26,27)16-6-5-13(2)14(3)9-16/h5-9,22H,10-11H2,1-4H3,(H,23,24). The van der Waals surface area contributed by atoms with Gasteiger partial charge in [0.05, 0.1) is 15.6 Å². The largest absolute Gasteiger partial charge is 0.455 e. The van der Waals surface area contributed by atoms with Crippen LogP contribution in [0, 0.1) is 27.7 Å². The predicted octanol–water partition coefficient (Wildman–Crippen LogP) is 3.03. The molecule has 0 radical (unpaired) electrons. The lowest BCUT2D eigenvalue weighted by Gasteiger charge is -2.12. The lowest BCUT2D eigenvalue weighted by atomic mass is 10.1. The van der Waals surface area contributed by atoms with Gasteiger partial charge in [0.2, 0.25) is 10.0 Å². The molecule has 0 fully saturated rings. The molecule has 2 N–H and O–H groups in total. The second-order valence-electron chi connectivity index (χ2n) is 6.72. The van der Waals surface area contributed by atoms with E-state index < -0.39 is 35.1 Å². The zero-order valence-electron chi connectivity index (χ0n) is 16.6. The molecule has 0 aromatic heterocycles. The van der Waals surface area contributed by atoms with Crippen molar-refractivity contribution in [3.8, 4) is 0 Å². The van der Waals surface area contributed by atoms with Gasteiger partial charge in [-0.1, -0.05) is 23.7 Å². The summed E-state index contributed by atoms with van der Waals surface area (Å²) in [6.07, 6.45) is 0. The average Bonchev–Trinajstić information content (AvgIpc) is 2.63. The van der Waals surface area contributed by atoms with Gasteiger partial charge in [0.1, 0.15) is 6.54 Å². The third kappa shape index (κ3) is 6.28. The molecule has 9 heteroatoms. The van der Waals surface area contributed by atoms with E-state index in [9.17, 15) is 18.0 Å². The lowest BCUT2D eigenvalue weighted by molar-refractivity contribution is -0.146. The highest BCUT2D eigenvalue weighted by molar-refractivity contribution is 7.89. The van der Waals surface area contributed by atoms with Gasteiger partial charge >= 0.3 is 5.97 Å². The number of amides is 1. The maximum atomic E-state index is 12.3. The van der Waals surface area contributed by atoms with Crippen molar-refractivity contribution >= 4 is 39.2 Å². The zero-order chi connectivity index (χ0) is 21.8. The molecule has 29 heavy (non-hydrogen) atoms. The minimum Gasteiger partial charge on any atom is -0.455 e. The number of sulfonamides is 1. The number of anilines is 1. The average molecular weight is 439 g/mol. The first-order valence-corrected chi connectivity index (χ1v) is 10.6. The van der Waals surface area contributed by atoms with Crippen molar-refractivity contribution in [2.24, 2.45) is 0 Å². The molecule has 7 nitrogen and oxygen atoms in total. The van der Waals surface area contributed by atoms with Crippen molar-refractivity contribution in [3.63, 3.8) is 0 Å². The first-order chi connectivity index (χ1) is 13.5. The Labute approximate surface area is 175 Å². The normalized spacial score (nSPS) is 11.2. The van der Waals surface area contributed by atoms with Crippen LogP contribution in [-0.4, -0.2) is 33.4 Å². The number of rotatable bonds is 7. The maximum Gasteiger partial charge on any atom is 0.321 e. The predicted molar refractivity (Wildman–Crippen MR) is 112 cm³/mol. The Balaban J connectivity index is 1.88. The van der Waals surface area contributed by atoms with Crippen LogP contribution in [0.1, 0.15) is 22.3 Å². The molecule has 0 unspecified atom stereocenters. The minimum absolute atomic E-state index is 0.0515. The molecule has 0 aliphatic carbocycles. The molecular weight excluding hydrogens is 416 g/mol. The molecule has 2 rings (SSSR count). The van der Waals surface area contributed by atoms with Gasteiger partial charge in [0, 0.05) is 0 Å². The maximum absolute atomic E-state index is 12.3. The van der Waals surface area contributed by atoms with Crippen molar-refractivity contribution < 1.29 is 22.7 Å². The first kappa shape index (κ1) is 22.9. The molecule has 0 spiro atoms. The van der Waals surface area contributed by atoms with E-state index in [0.717, 1.165) is 22.3 Å². The van der Waals surface area contributed by atoms with Gasteiger partial charge < -0.3 is 10.1 Å². The number of benzene rings is 2. The van der Waals surface area contributed by atoms with Crippen LogP contribution < -0.4 is 10.0 Å². The molecule has 0 aliphatic rings. The summed E-state index contributed by atoms with van der Waals surface area (Å²) in [6, 6.07) is 8.22. The summed E-state index contributed by atoms with van der Waals surface area (Å²) in [5.41, 5.74) is 3.94. The first-order valence-electron chi connectivity index (χ1n) is 8.79. The molecule has 156 valence electrons. The van der Waals surface area contributed by atoms with E-state index in [4.69, 9.17) is 16.3 Å². The summed E-state index contributed by atoms with van der Waals surface area (Å²) in [5.74, 6) is -1.46. The number of carbonyl (C=O) groups excluding carboxylic acids is 2. The van der Waals surface area contributed by atoms with Gasteiger partial charge in [-0.25, -0.2) is 8.42 Å². The molecule has 2 aromatic carbocycles. The number of hydrogen-bond donors (Lipinski definition) is 2. The van der Waals surface area contributed by atoms with Crippen molar-refractivity contribution in [3.05, 3.63) is 57.6 Å². The smallest absolute Gasteiger partial charge is 0.321 e. The van der Waals surface area contributed by atoms with E-state index >= 15 is 0 Å². The lowest BCUT2D eigenvalue weighted by Crippen LogP contribution is -2.32. The Hall–Kier alpha value is -2.42. The summed E-state index contributed by atoms with van der Waals surface area (Å²) < 4.78 is 31.5. The second-order valence-corrected chi connectivity index (χ2v) is 8.89. The fraction of sp³-hybridized carbons (Fsp3) is 0.300. The molecule has 0 bridgehead atoms. The van der Waals surface area contributed by atoms with Gasteiger partial charge in [-0.2, -0.15) is 4.72 Å². The van der Waals surface area contributed by atoms with Crippen LogP contribution in [0.15, 0.2) is 35.2 Å². The van der Waals surface area contributed by atoms with Crippen LogP contribution in [0.25, 0.3) is 0 Å². The van der Waals surface area contributed by atoms with Gasteiger partial charge in [0.15, 0.2) is 6.61 Å².